The highest BCUT2D eigenvalue weighted by Gasteiger charge is 2.13. The van der Waals surface area contributed by atoms with Crippen LogP contribution in [0.5, 0.6) is 0 Å². The van der Waals surface area contributed by atoms with Gasteiger partial charge in [-0.2, -0.15) is 0 Å². The minimum Gasteiger partial charge on any atom is -0.369 e. The summed E-state index contributed by atoms with van der Waals surface area (Å²) in [5.74, 6) is 0. The van der Waals surface area contributed by atoms with E-state index in [0.29, 0.717) is 0 Å². The zero-order valence-electron chi connectivity index (χ0n) is 10.9. The Labute approximate surface area is 112 Å². The summed E-state index contributed by atoms with van der Waals surface area (Å²) in [5, 5.41) is 0. The molecule has 0 bridgehead atoms. The molecule has 0 atom stereocenters. The molecule has 2 aromatic rings. The van der Waals surface area contributed by atoms with Gasteiger partial charge < -0.3 is 9.47 Å². The van der Waals surface area contributed by atoms with Crippen molar-refractivity contribution in [3.63, 3.8) is 0 Å². The second-order valence-electron chi connectivity index (χ2n) is 4.88. The third kappa shape index (κ3) is 2.32. The maximum atomic E-state index is 12.0. The predicted octanol–water partition coefficient (Wildman–Crippen LogP) is 2.37. The van der Waals surface area contributed by atoms with Gasteiger partial charge in [0.1, 0.15) is 0 Å². The fraction of sp³-hybridized carbons (Fsp3) is 0.188. The van der Waals surface area contributed by atoms with Crippen LogP contribution in [0.3, 0.4) is 0 Å². The summed E-state index contributed by atoms with van der Waals surface area (Å²) in [6, 6.07) is 12.4. The third-order valence-corrected chi connectivity index (χ3v) is 3.45. The first-order valence-electron chi connectivity index (χ1n) is 6.39. The molecule has 0 spiro atoms. The Balaban J connectivity index is 1.85. The van der Waals surface area contributed by atoms with Crippen LogP contribution in [0.15, 0.2) is 53.6 Å². The summed E-state index contributed by atoms with van der Waals surface area (Å²) in [6.45, 7) is 1.66. The highest BCUT2D eigenvalue weighted by molar-refractivity contribution is 5.54. The summed E-state index contributed by atoms with van der Waals surface area (Å²) in [6.07, 6.45) is 5.77. The van der Waals surface area contributed by atoms with Gasteiger partial charge in [-0.25, -0.2) is 0 Å². The Hall–Kier alpha value is -2.29. The van der Waals surface area contributed by atoms with Gasteiger partial charge >= 0.3 is 0 Å². The lowest BCUT2D eigenvalue weighted by Gasteiger charge is -2.25. The normalized spacial score (nSPS) is 13.4. The van der Waals surface area contributed by atoms with E-state index >= 15 is 0 Å². The maximum Gasteiger partial charge on any atom is 0.257 e. The molecule has 0 fully saturated rings. The summed E-state index contributed by atoms with van der Waals surface area (Å²) in [5.41, 5.74) is 3.27. The molecule has 3 rings (SSSR count). The van der Waals surface area contributed by atoms with Crippen LogP contribution in [-0.4, -0.2) is 9.47 Å². The number of nitrogens with zero attached hydrogens (tertiary/aromatic N) is 2. The van der Waals surface area contributed by atoms with Crippen LogP contribution < -0.4 is 5.56 Å². The molecule has 1 aliphatic rings. The number of hydrogen-bond acceptors (Lipinski definition) is 2. The van der Waals surface area contributed by atoms with Crippen molar-refractivity contribution in [3.05, 3.63) is 75.8 Å². The molecule has 0 N–H and O–H groups in total. The van der Waals surface area contributed by atoms with Gasteiger partial charge in [-0.15, -0.1) is 0 Å². The zero-order valence-corrected chi connectivity index (χ0v) is 10.9. The van der Waals surface area contributed by atoms with Gasteiger partial charge in [-0.1, -0.05) is 30.3 Å². The lowest BCUT2D eigenvalue weighted by Crippen LogP contribution is -2.26. The van der Waals surface area contributed by atoms with Gasteiger partial charge in [0.15, 0.2) is 0 Å². The van der Waals surface area contributed by atoms with Crippen LogP contribution in [0.1, 0.15) is 16.7 Å². The van der Waals surface area contributed by atoms with E-state index in [1.165, 1.54) is 5.56 Å². The molecule has 0 saturated carbocycles. The van der Waals surface area contributed by atoms with Crippen molar-refractivity contribution in [2.24, 2.45) is 7.05 Å². The number of pyridine rings is 1. The number of rotatable bonds is 2. The van der Waals surface area contributed by atoms with Crippen molar-refractivity contribution in [2.45, 2.75) is 13.1 Å². The third-order valence-electron chi connectivity index (χ3n) is 3.45. The summed E-state index contributed by atoms with van der Waals surface area (Å²) >= 11 is 0. The fourth-order valence-corrected chi connectivity index (χ4v) is 2.38. The fourth-order valence-electron chi connectivity index (χ4n) is 2.38. The molecule has 96 valence electrons. The minimum absolute atomic E-state index is 0.0770. The van der Waals surface area contributed by atoms with Gasteiger partial charge in [0, 0.05) is 38.1 Å². The zero-order chi connectivity index (χ0) is 13.2. The Morgan fingerprint density at radius 1 is 1.16 bits per heavy atom. The Morgan fingerprint density at radius 2 is 1.95 bits per heavy atom. The topological polar surface area (TPSA) is 25.2 Å². The predicted molar refractivity (Wildman–Crippen MR) is 76.4 cm³/mol. The number of fused-ring (bicyclic) bond motifs is 1. The van der Waals surface area contributed by atoms with Crippen molar-refractivity contribution in [1.29, 1.82) is 0 Å². The SMILES string of the molecule is Cn1ccc2c(c1=O)C=CN(Cc1ccccc1)C2. The quantitative estimate of drug-likeness (QED) is 0.820. The van der Waals surface area contributed by atoms with Gasteiger partial charge in [0.25, 0.3) is 5.56 Å². The minimum atomic E-state index is 0.0770. The second kappa shape index (κ2) is 4.76. The maximum absolute atomic E-state index is 12.0. The Bertz CT molecular complexity index is 671. The summed E-state index contributed by atoms with van der Waals surface area (Å²) in [7, 11) is 1.78. The van der Waals surface area contributed by atoms with Crippen molar-refractivity contribution in [1.82, 2.24) is 9.47 Å². The van der Waals surface area contributed by atoms with Crippen LogP contribution in [0.4, 0.5) is 0 Å². The van der Waals surface area contributed by atoms with Crippen LogP contribution in [0.25, 0.3) is 6.08 Å². The van der Waals surface area contributed by atoms with Crippen molar-refractivity contribution in [2.75, 3.05) is 0 Å². The number of aryl methyl sites for hydroxylation is 1. The first kappa shape index (κ1) is 11.8. The molecule has 0 saturated heterocycles. The van der Waals surface area contributed by atoms with E-state index in [9.17, 15) is 4.79 Å². The first-order valence-corrected chi connectivity index (χ1v) is 6.39. The molecule has 3 heteroatoms. The van der Waals surface area contributed by atoms with E-state index in [2.05, 4.69) is 17.0 Å². The monoisotopic (exact) mass is 252 g/mol. The van der Waals surface area contributed by atoms with Crippen LogP contribution in [0, 0.1) is 0 Å². The van der Waals surface area contributed by atoms with Gasteiger partial charge in [0.05, 0.1) is 0 Å². The van der Waals surface area contributed by atoms with Crippen molar-refractivity contribution < 1.29 is 0 Å². The molecule has 1 aliphatic heterocycles. The van der Waals surface area contributed by atoms with E-state index in [1.807, 2.05) is 42.7 Å². The molecule has 0 amide bonds. The molecule has 1 aromatic heterocycles. The van der Waals surface area contributed by atoms with Gasteiger partial charge in [0.2, 0.25) is 0 Å². The Morgan fingerprint density at radius 3 is 2.74 bits per heavy atom. The molecular weight excluding hydrogens is 236 g/mol. The number of aromatic nitrogens is 1. The highest BCUT2D eigenvalue weighted by Crippen LogP contribution is 2.18. The van der Waals surface area contributed by atoms with E-state index in [4.69, 9.17) is 0 Å². The first-order chi connectivity index (χ1) is 9.24. The van der Waals surface area contributed by atoms with Crippen molar-refractivity contribution >= 4 is 6.08 Å². The summed E-state index contributed by atoms with van der Waals surface area (Å²) < 4.78 is 1.62. The lowest BCUT2D eigenvalue weighted by molar-refractivity contribution is 0.359. The molecule has 0 radical (unpaired) electrons. The van der Waals surface area contributed by atoms with Crippen molar-refractivity contribution in [3.8, 4) is 0 Å². The summed E-state index contributed by atoms with van der Waals surface area (Å²) in [4.78, 5) is 14.2. The molecule has 19 heavy (non-hydrogen) atoms. The lowest BCUT2D eigenvalue weighted by atomic mass is 10.1. The average molecular weight is 252 g/mol. The van der Waals surface area contributed by atoms with E-state index < -0.39 is 0 Å². The average Bonchev–Trinajstić information content (AvgIpc) is 2.44. The molecule has 2 heterocycles. The van der Waals surface area contributed by atoms with E-state index in [-0.39, 0.29) is 5.56 Å². The van der Waals surface area contributed by atoms with Gasteiger partial charge in [-0.3, -0.25) is 4.79 Å². The van der Waals surface area contributed by atoms with E-state index in [1.54, 1.807) is 11.6 Å². The van der Waals surface area contributed by atoms with Gasteiger partial charge in [-0.05, 0) is 23.3 Å². The molecular formula is C16H16N2O. The number of benzene rings is 1. The largest absolute Gasteiger partial charge is 0.369 e. The highest BCUT2D eigenvalue weighted by atomic mass is 16.1. The molecule has 0 aliphatic carbocycles. The smallest absolute Gasteiger partial charge is 0.257 e. The standard InChI is InChI=1S/C16H16N2O/c1-17-9-7-14-12-18(10-8-15(14)16(17)19)11-13-5-3-2-4-6-13/h2-10H,11-12H2,1H3. The van der Waals surface area contributed by atoms with Crippen LogP contribution in [-0.2, 0) is 20.1 Å². The second-order valence-corrected chi connectivity index (χ2v) is 4.88. The molecule has 0 unspecified atom stereocenters. The molecule has 1 aromatic carbocycles. The number of hydrogen-bond donors (Lipinski definition) is 0. The van der Waals surface area contributed by atoms with Crippen LogP contribution in [0.2, 0.25) is 0 Å². The Kier molecular flexibility index (Phi) is 2.95. The molecule has 3 nitrogen and oxygen atoms in total. The van der Waals surface area contributed by atoms with E-state index in [0.717, 1.165) is 24.2 Å². The van der Waals surface area contributed by atoms with Crippen LogP contribution >= 0.6 is 0 Å².